The maximum Gasteiger partial charge on any atom is 0.494 e. The minimum Gasteiger partial charge on any atom is -0.400 e. The number of fused-ring (bicyclic) bond motifs is 5. The van der Waals surface area contributed by atoms with Crippen molar-refractivity contribution in [2.45, 2.75) is 43.9 Å². The Kier molecular flexibility index (Phi) is 4.67. The highest BCUT2D eigenvalue weighted by atomic mass is 16.7. The number of carbonyl (C=O) groups excluding carboxylic acids is 2. The van der Waals surface area contributed by atoms with Crippen LogP contribution in [0.4, 0.5) is 0 Å². The molecule has 2 fully saturated rings. The molecule has 0 saturated carbocycles. The second-order valence-corrected chi connectivity index (χ2v) is 9.75. The van der Waals surface area contributed by atoms with Gasteiger partial charge in [0.05, 0.1) is 18.3 Å². The molecule has 0 aromatic heterocycles. The fourth-order valence-corrected chi connectivity index (χ4v) is 5.97. The third-order valence-corrected chi connectivity index (χ3v) is 7.67. The minimum atomic E-state index is -0.836. The van der Waals surface area contributed by atoms with Crippen LogP contribution in [0.1, 0.15) is 40.5 Å². The van der Waals surface area contributed by atoms with Crippen LogP contribution in [0.3, 0.4) is 0 Å². The second kappa shape index (κ2) is 7.70. The number of rotatable bonds is 2. The fourth-order valence-electron chi connectivity index (χ4n) is 5.97. The first-order valence-corrected chi connectivity index (χ1v) is 12.0. The van der Waals surface area contributed by atoms with Gasteiger partial charge in [0.15, 0.2) is 17.9 Å². The molecule has 6 nitrogen and oxygen atoms in total. The molecule has 174 valence electrons. The molecule has 0 N–H and O–H groups in total. The average Bonchev–Trinajstić information content (AvgIpc) is 3.33. The fraction of sp³-hybridized carbons (Fsp3) is 0.286. The van der Waals surface area contributed by atoms with Crippen molar-refractivity contribution < 1.29 is 28.4 Å². The second-order valence-electron chi connectivity index (χ2n) is 9.75. The van der Waals surface area contributed by atoms with Crippen molar-refractivity contribution in [3.63, 3.8) is 0 Å². The SMILES string of the molecule is C[C@@H]1OC[C@H](C23CC4=C(C(=O)c5cc6ccccc6cc5C4=O)[C@@H](C2)OB(c2ccccc2)O3)O1. The summed E-state index contributed by atoms with van der Waals surface area (Å²) in [6.45, 7) is 2.22. The monoisotopic (exact) mass is 466 g/mol. The van der Waals surface area contributed by atoms with Crippen LogP contribution >= 0.6 is 0 Å². The van der Waals surface area contributed by atoms with Crippen molar-refractivity contribution in [2.75, 3.05) is 6.61 Å². The van der Waals surface area contributed by atoms with Crippen LogP contribution in [0.2, 0.25) is 0 Å². The zero-order valence-electron chi connectivity index (χ0n) is 19.2. The number of ketones is 2. The Morgan fingerprint density at radius 2 is 1.60 bits per heavy atom. The Morgan fingerprint density at radius 3 is 2.29 bits per heavy atom. The van der Waals surface area contributed by atoms with Gasteiger partial charge in [-0.3, -0.25) is 9.59 Å². The molecule has 7 heteroatoms. The first-order valence-electron chi connectivity index (χ1n) is 12.0. The third kappa shape index (κ3) is 3.19. The molecule has 2 bridgehead atoms. The smallest absolute Gasteiger partial charge is 0.400 e. The predicted octanol–water partition coefficient (Wildman–Crippen LogP) is 3.62. The highest BCUT2D eigenvalue weighted by molar-refractivity contribution is 6.61. The predicted molar refractivity (Wildman–Crippen MR) is 130 cm³/mol. The van der Waals surface area contributed by atoms with E-state index in [1.54, 1.807) is 0 Å². The topological polar surface area (TPSA) is 71.1 Å². The van der Waals surface area contributed by atoms with Gasteiger partial charge in [-0.1, -0.05) is 54.6 Å². The van der Waals surface area contributed by atoms with Crippen molar-refractivity contribution in [3.8, 4) is 0 Å². The van der Waals surface area contributed by atoms with E-state index in [0.717, 1.165) is 16.2 Å². The number of ether oxygens (including phenoxy) is 2. The Hall–Kier alpha value is -3.10. The van der Waals surface area contributed by atoms with Gasteiger partial charge < -0.3 is 18.8 Å². The molecule has 1 unspecified atom stereocenters. The summed E-state index contributed by atoms with van der Waals surface area (Å²) in [5.74, 6) is -0.267. The molecule has 35 heavy (non-hydrogen) atoms. The lowest BCUT2D eigenvalue weighted by Crippen LogP contribution is -2.63. The zero-order valence-corrected chi connectivity index (χ0v) is 19.2. The summed E-state index contributed by atoms with van der Waals surface area (Å²) >= 11 is 0. The van der Waals surface area contributed by atoms with Gasteiger partial charge in [-0.25, -0.2) is 0 Å². The third-order valence-electron chi connectivity index (χ3n) is 7.67. The normalized spacial score (nSPS) is 30.0. The van der Waals surface area contributed by atoms with Crippen molar-refractivity contribution in [2.24, 2.45) is 0 Å². The Morgan fingerprint density at radius 1 is 0.914 bits per heavy atom. The highest BCUT2D eigenvalue weighted by Gasteiger charge is 2.58. The van der Waals surface area contributed by atoms with Gasteiger partial charge in [-0.05, 0) is 35.3 Å². The van der Waals surface area contributed by atoms with E-state index in [2.05, 4.69) is 0 Å². The van der Waals surface area contributed by atoms with Gasteiger partial charge >= 0.3 is 7.12 Å². The van der Waals surface area contributed by atoms with E-state index in [1.807, 2.05) is 73.7 Å². The first kappa shape index (κ1) is 21.2. The van der Waals surface area contributed by atoms with Crippen molar-refractivity contribution >= 4 is 34.9 Å². The molecule has 0 amide bonds. The summed E-state index contributed by atoms with van der Waals surface area (Å²) in [6, 6.07) is 21.1. The van der Waals surface area contributed by atoms with Crippen molar-refractivity contribution in [3.05, 3.63) is 89.0 Å². The summed E-state index contributed by atoms with van der Waals surface area (Å²) in [6.07, 6.45) is -0.597. The Labute approximate surface area is 203 Å². The van der Waals surface area contributed by atoms with Gasteiger partial charge in [-0.2, -0.15) is 0 Å². The minimum absolute atomic E-state index is 0.133. The zero-order chi connectivity index (χ0) is 23.7. The maximum absolute atomic E-state index is 13.9. The molecule has 3 aromatic carbocycles. The van der Waals surface area contributed by atoms with Crippen LogP contribution in [-0.4, -0.2) is 49.4 Å². The van der Waals surface area contributed by atoms with E-state index in [1.165, 1.54) is 0 Å². The quantitative estimate of drug-likeness (QED) is 0.538. The molecule has 4 aliphatic rings. The molecule has 7 rings (SSSR count). The highest BCUT2D eigenvalue weighted by Crippen LogP contribution is 2.49. The molecule has 2 aliphatic carbocycles. The summed E-state index contributed by atoms with van der Waals surface area (Å²) in [7, 11) is -0.676. The molecule has 4 atom stereocenters. The van der Waals surface area contributed by atoms with Gasteiger partial charge in [-0.15, -0.1) is 0 Å². The number of hydrogen-bond donors (Lipinski definition) is 0. The van der Waals surface area contributed by atoms with Gasteiger partial charge in [0.25, 0.3) is 0 Å². The number of hydrogen-bond acceptors (Lipinski definition) is 6. The van der Waals surface area contributed by atoms with E-state index in [0.29, 0.717) is 35.3 Å². The lowest BCUT2D eigenvalue weighted by atomic mass is 9.64. The van der Waals surface area contributed by atoms with Gasteiger partial charge in [0.2, 0.25) is 0 Å². The van der Waals surface area contributed by atoms with Crippen LogP contribution < -0.4 is 5.46 Å². The average molecular weight is 466 g/mol. The van der Waals surface area contributed by atoms with Crippen molar-refractivity contribution in [1.29, 1.82) is 0 Å². The molecular weight excluding hydrogens is 443 g/mol. The Bertz CT molecular complexity index is 1420. The van der Waals surface area contributed by atoms with Gasteiger partial charge in [0.1, 0.15) is 6.10 Å². The molecule has 2 aliphatic heterocycles. The molecule has 0 spiro atoms. The van der Waals surface area contributed by atoms with Crippen LogP contribution in [-0.2, 0) is 18.8 Å². The first-order chi connectivity index (χ1) is 17.0. The van der Waals surface area contributed by atoms with Crippen molar-refractivity contribution in [1.82, 2.24) is 0 Å². The van der Waals surface area contributed by atoms with E-state index in [9.17, 15) is 9.59 Å². The largest absolute Gasteiger partial charge is 0.494 e. The molecule has 0 radical (unpaired) electrons. The van der Waals surface area contributed by atoms with E-state index < -0.39 is 18.8 Å². The maximum atomic E-state index is 13.9. The van der Waals surface area contributed by atoms with Gasteiger partial charge in [0, 0.05) is 35.1 Å². The molecule has 3 aromatic rings. The number of Topliss-reactive ketones (excluding diaryl/α,β-unsaturated/α-hetero) is 2. The van der Waals surface area contributed by atoms with E-state index in [-0.39, 0.29) is 30.4 Å². The lowest BCUT2D eigenvalue weighted by Gasteiger charge is -2.51. The van der Waals surface area contributed by atoms with E-state index in [4.69, 9.17) is 18.8 Å². The van der Waals surface area contributed by atoms with Crippen LogP contribution in [0.5, 0.6) is 0 Å². The summed E-state index contributed by atoms with van der Waals surface area (Å²) in [4.78, 5) is 27.7. The lowest BCUT2D eigenvalue weighted by molar-refractivity contribution is -0.139. The number of benzene rings is 3. The van der Waals surface area contributed by atoms with Crippen LogP contribution in [0, 0.1) is 0 Å². The summed E-state index contributed by atoms with van der Waals surface area (Å²) in [5.41, 5.74) is 1.85. The number of carbonyl (C=O) groups is 2. The molecule has 2 heterocycles. The molecule has 2 saturated heterocycles. The van der Waals surface area contributed by atoms with E-state index >= 15 is 0 Å². The summed E-state index contributed by atoms with van der Waals surface area (Å²) in [5, 5.41) is 1.86. The standard InChI is InChI=1S/C28H23BO6/c1-16-32-15-24(33-16)28-13-22-25(23(14-28)34-29(35-28)19-9-3-2-4-10-19)27(31)21-12-18-8-6-5-7-17(18)11-20(21)26(22)30/h2-12,16,23-24H,13-15H2,1H3/t16-,23-,24-,28?/m1/s1. The Balaban J connectivity index is 1.37. The van der Waals surface area contributed by atoms with Crippen LogP contribution in [0.15, 0.2) is 77.9 Å². The van der Waals surface area contributed by atoms with Crippen LogP contribution in [0.25, 0.3) is 10.8 Å². The summed E-state index contributed by atoms with van der Waals surface area (Å²) < 4.78 is 24.9. The molecular formula is C28H23BO6.